The van der Waals surface area contributed by atoms with Gasteiger partial charge in [-0.25, -0.2) is 19.6 Å². The van der Waals surface area contributed by atoms with E-state index in [9.17, 15) is 31.1 Å². The van der Waals surface area contributed by atoms with Gasteiger partial charge in [0.25, 0.3) is 0 Å². The van der Waals surface area contributed by atoms with Gasteiger partial charge in [0.15, 0.2) is 0 Å². The summed E-state index contributed by atoms with van der Waals surface area (Å²) in [4.78, 5) is 49.8. The number of hydrogen-bond acceptors (Lipinski definition) is 8. The van der Waals surface area contributed by atoms with Gasteiger partial charge in [0.1, 0.15) is 0 Å². The van der Waals surface area contributed by atoms with E-state index >= 15 is 0 Å². The van der Waals surface area contributed by atoms with E-state index in [0.29, 0.717) is 5.91 Å². The molecule has 10 nitrogen and oxygen atoms in total. The lowest BCUT2D eigenvalue weighted by molar-refractivity contribution is -0.193. The summed E-state index contributed by atoms with van der Waals surface area (Å²) in [7, 11) is 1.96. The van der Waals surface area contributed by atoms with Gasteiger partial charge in [-0.15, -0.1) is 11.3 Å². The average Bonchev–Trinajstić information content (AvgIpc) is 3.58. The quantitative estimate of drug-likeness (QED) is 0.478. The molecule has 0 bridgehead atoms. The predicted molar refractivity (Wildman–Crippen MR) is 142 cm³/mol. The van der Waals surface area contributed by atoms with Gasteiger partial charge in [-0.05, 0) is 57.5 Å². The molecule has 238 valence electrons. The summed E-state index contributed by atoms with van der Waals surface area (Å²) in [5.41, 5.74) is -0.261. The number of nitrogens with zero attached hydrogens (tertiary/aromatic N) is 5. The number of likely N-dealkylation sites (tertiary alicyclic amines) is 2. The SMILES string of the molecule is Cc1ccc(CN2CCC3(CC2)CN(c2ncccn2)CC32CCN(C)C2=O)s1.O=C(O)C(F)(F)F.O=C(O)C(F)(F)F. The van der Waals surface area contributed by atoms with Crippen molar-refractivity contribution in [3.05, 3.63) is 40.3 Å². The number of thiophene rings is 1. The van der Waals surface area contributed by atoms with Crippen LogP contribution >= 0.6 is 11.3 Å². The molecule has 3 aliphatic rings. The number of anilines is 1. The Morgan fingerprint density at radius 1 is 0.930 bits per heavy atom. The molecule has 3 saturated heterocycles. The highest BCUT2D eigenvalue weighted by Gasteiger charge is 2.65. The minimum Gasteiger partial charge on any atom is -0.475 e. The second kappa shape index (κ2) is 13.0. The second-order valence-electron chi connectivity index (χ2n) is 10.6. The molecule has 2 spiro atoms. The molecule has 17 heteroatoms. The van der Waals surface area contributed by atoms with Crippen molar-refractivity contribution in [2.75, 3.05) is 44.7 Å². The van der Waals surface area contributed by atoms with Gasteiger partial charge in [0.05, 0.1) is 5.41 Å². The highest BCUT2D eigenvalue weighted by molar-refractivity contribution is 7.11. The molecule has 43 heavy (non-hydrogen) atoms. The maximum Gasteiger partial charge on any atom is 0.490 e. The van der Waals surface area contributed by atoms with Crippen molar-refractivity contribution in [2.24, 2.45) is 10.8 Å². The van der Waals surface area contributed by atoms with Crippen LogP contribution in [0.25, 0.3) is 0 Å². The standard InChI is InChI=1S/C22H29N5OS.2C2HF3O2/c1-17-4-5-18(29-17)14-26-12-6-21(7-13-26)15-27(20-23-9-3-10-24-20)16-22(21)8-11-25(2)19(22)28;2*3-2(4,5)1(6)7/h3-5,9-10H,6-8,11-16H2,1-2H3;2*(H,6,7). The average molecular weight is 640 g/mol. The molecule has 2 N–H and O–H groups in total. The highest BCUT2D eigenvalue weighted by Crippen LogP contribution is 2.58. The number of aryl methyl sites for hydroxylation is 1. The molecule has 3 aliphatic heterocycles. The number of aliphatic carboxylic acids is 2. The first kappa shape index (κ1) is 34.0. The van der Waals surface area contributed by atoms with Crippen LogP contribution in [0, 0.1) is 17.8 Å². The lowest BCUT2D eigenvalue weighted by Crippen LogP contribution is -2.52. The molecule has 1 amide bonds. The van der Waals surface area contributed by atoms with Crippen LogP contribution in [0.4, 0.5) is 32.3 Å². The number of carboxylic acids is 2. The number of carbonyl (C=O) groups is 3. The molecular weight excluding hydrogens is 608 g/mol. The van der Waals surface area contributed by atoms with Crippen LogP contribution in [-0.4, -0.2) is 100.0 Å². The lowest BCUT2D eigenvalue weighted by atomic mass is 9.60. The van der Waals surface area contributed by atoms with E-state index in [0.717, 1.165) is 64.5 Å². The van der Waals surface area contributed by atoms with Crippen LogP contribution in [0.3, 0.4) is 0 Å². The van der Waals surface area contributed by atoms with Crippen LogP contribution in [-0.2, 0) is 20.9 Å². The number of fused-ring (bicyclic) bond motifs is 1. The van der Waals surface area contributed by atoms with Gasteiger partial charge in [0, 0.05) is 60.8 Å². The number of amides is 1. The summed E-state index contributed by atoms with van der Waals surface area (Å²) in [5, 5.41) is 14.2. The topological polar surface area (TPSA) is 127 Å². The van der Waals surface area contributed by atoms with Crippen LogP contribution in [0.15, 0.2) is 30.6 Å². The fraction of sp³-hybridized carbons (Fsp3) is 0.577. The molecule has 2 aromatic rings. The summed E-state index contributed by atoms with van der Waals surface area (Å²) in [5.74, 6) is -4.42. The first-order chi connectivity index (χ1) is 19.9. The third kappa shape index (κ3) is 7.93. The van der Waals surface area contributed by atoms with E-state index in [4.69, 9.17) is 19.8 Å². The van der Waals surface area contributed by atoms with Crippen LogP contribution in [0.1, 0.15) is 29.0 Å². The van der Waals surface area contributed by atoms with Crippen LogP contribution in [0.5, 0.6) is 0 Å². The van der Waals surface area contributed by atoms with Crippen molar-refractivity contribution in [3.63, 3.8) is 0 Å². The summed E-state index contributed by atoms with van der Waals surface area (Å²) >= 11 is 1.90. The normalized spacial score (nSPS) is 21.8. The Morgan fingerprint density at radius 3 is 1.88 bits per heavy atom. The number of piperidine rings is 1. The molecule has 0 aliphatic carbocycles. The summed E-state index contributed by atoms with van der Waals surface area (Å²) in [6.45, 7) is 7.82. The van der Waals surface area contributed by atoms with Crippen molar-refractivity contribution >= 4 is 35.1 Å². The van der Waals surface area contributed by atoms with E-state index in [1.54, 1.807) is 12.4 Å². The number of carbonyl (C=O) groups excluding carboxylic acids is 1. The molecule has 1 atom stereocenters. The molecule has 1 unspecified atom stereocenters. The second-order valence-corrected chi connectivity index (χ2v) is 12.0. The van der Waals surface area contributed by atoms with Crippen molar-refractivity contribution in [3.8, 4) is 0 Å². The number of carboxylic acid groups (broad SMARTS) is 2. The minimum atomic E-state index is -5.08. The van der Waals surface area contributed by atoms with E-state index in [1.165, 1.54) is 9.75 Å². The van der Waals surface area contributed by atoms with Crippen molar-refractivity contribution in [1.29, 1.82) is 0 Å². The van der Waals surface area contributed by atoms with Crippen LogP contribution < -0.4 is 4.90 Å². The molecule has 5 heterocycles. The van der Waals surface area contributed by atoms with E-state index in [1.807, 2.05) is 29.4 Å². The zero-order valence-electron chi connectivity index (χ0n) is 23.3. The largest absolute Gasteiger partial charge is 0.490 e. The molecule has 2 aromatic heterocycles. The minimum absolute atomic E-state index is 0.0237. The van der Waals surface area contributed by atoms with Gasteiger partial charge >= 0.3 is 24.3 Å². The monoisotopic (exact) mass is 639 g/mol. The summed E-state index contributed by atoms with van der Waals surface area (Å²) < 4.78 is 63.5. The Bertz CT molecular complexity index is 1260. The van der Waals surface area contributed by atoms with Gasteiger partial charge in [-0.2, -0.15) is 26.3 Å². The highest BCUT2D eigenvalue weighted by atomic mass is 32.1. The number of alkyl halides is 6. The van der Waals surface area contributed by atoms with E-state index in [2.05, 4.69) is 38.8 Å². The smallest absolute Gasteiger partial charge is 0.475 e. The zero-order valence-corrected chi connectivity index (χ0v) is 24.1. The fourth-order valence-electron chi connectivity index (χ4n) is 5.80. The van der Waals surface area contributed by atoms with Crippen LogP contribution in [0.2, 0.25) is 0 Å². The number of hydrogen-bond donors (Lipinski definition) is 2. The summed E-state index contributed by atoms with van der Waals surface area (Å²) in [6.07, 6.45) is -3.47. The molecule has 0 radical (unpaired) electrons. The molecule has 3 fully saturated rings. The molecule has 0 aromatic carbocycles. The Morgan fingerprint density at radius 2 is 1.47 bits per heavy atom. The maximum atomic E-state index is 13.4. The Kier molecular flexibility index (Phi) is 10.3. The van der Waals surface area contributed by atoms with Crippen molar-refractivity contribution < 1.29 is 50.9 Å². The van der Waals surface area contributed by atoms with Gasteiger partial charge in [0.2, 0.25) is 11.9 Å². The van der Waals surface area contributed by atoms with E-state index < -0.39 is 24.3 Å². The first-order valence-electron chi connectivity index (χ1n) is 13.1. The molecular formula is C26H31F6N5O5S. The third-order valence-corrected chi connectivity index (χ3v) is 8.89. The van der Waals surface area contributed by atoms with Gasteiger partial charge in [-0.1, -0.05) is 0 Å². The Balaban J connectivity index is 0.000000303. The molecule has 5 rings (SSSR count). The number of rotatable bonds is 3. The van der Waals surface area contributed by atoms with Gasteiger partial charge < -0.3 is 20.0 Å². The van der Waals surface area contributed by atoms with Crippen molar-refractivity contribution in [1.82, 2.24) is 19.8 Å². The van der Waals surface area contributed by atoms with Gasteiger partial charge in [-0.3, -0.25) is 9.69 Å². The fourth-order valence-corrected chi connectivity index (χ4v) is 6.73. The lowest BCUT2D eigenvalue weighted by Gasteiger charge is -2.46. The molecule has 0 saturated carbocycles. The summed E-state index contributed by atoms with van der Waals surface area (Å²) in [6, 6.07) is 6.32. The Labute approximate surface area is 246 Å². The van der Waals surface area contributed by atoms with Crippen molar-refractivity contribution in [2.45, 2.75) is 45.1 Å². The first-order valence-corrected chi connectivity index (χ1v) is 13.9. The number of halogens is 6. The maximum absolute atomic E-state index is 13.4. The third-order valence-electron chi connectivity index (χ3n) is 7.91. The predicted octanol–water partition coefficient (Wildman–Crippen LogP) is 4.06. The number of aromatic nitrogens is 2. The Hall–Kier alpha value is -3.47. The zero-order chi connectivity index (χ0) is 32.2. The van der Waals surface area contributed by atoms with E-state index in [-0.39, 0.29) is 10.8 Å².